The van der Waals surface area contributed by atoms with Crippen LogP contribution >= 0.6 is 0 Å². The zero-order valence-electron chi connectivity index (χ0n) is 90.2. The molecule has 12 aliphatic rings. The van der Waals surface area contributed by atoms with E-state index >= 15 is 0 Å². The summed E-state index contributed by atoms with van der Waals surface area (Å²) in [6.07, 6.45) is 60.9. The molecular formula is C110H200N18O6. The third kappa shape index (κ3) is 27.9. The van der Waals surface area contributed by atoms with Crippen molar-refractivity contribution in [3.8, 4) is 0 Å². The Bertz CT molecular complexity index is 3570. The van der Waals surface area contributed by atoms with Crippen molar-refractivity contribution in [1.82, 2.24) is 60.3 Å². The molecule has 2 aromatic rings. The third-order valence-electron chi connectivity index (χ3n) is 34.0. The van der Waals surface area contributed by atoms with Gasteiger partial charge in [-0.15, -0.1) is 0 Å². The highest BCUT2D eigenvalue weighted by molar-refractivity contribution is 5.48. The van der Waals surface area contributed by atoms with Crippen LogP contribution in [0.15, 0.2) is 0 Å². The molecule has 0 radical (unpaired) electrons. The zero-order valence-corrected chi connectivity index (χ0v) is 90.2. The van der Waals surface area contributed by atoms with E-state index in [1.54, 1.807) is 0 Å². The van der Waals surface area contributed by atoms with Crippen molar-refractivity contribution in [2.24, 2.45) is 11.8 Å². The number of hydrogen-bond donors (Lipinski definition) is 4. The zero-order chi connectivity index (χ0) is 95.9. The minimum absolute atomic E-state index is 0.0373. The van der Waals surface area contributed by atoms with Gasteiger partial charge >= 0.3 is 0 Å². The minimum Gasteiger partial charge on any atom is -0.354 e. The van der Waals surface area contributed by atoms with E-state index in [1.807, 2.05) is 0 Å². The van der Waals surface area contributed by atoms with E-state index < -0.39 is 0 Å². The number of unbranched alkanes of at least 4 members (excludes halogenated alkanes) is 5. The van der Waals surface area contributed by atoms with Crippen LogP contribution in [0.5, 0.6) is 0 Å². The maximum atomic E-state index is 7.29. The summed E-state index contributed by atoms with van der Waals surface area (Å²) in [6.45, 7) is 61.2. The fourth-order valence-corrected chi connectivity index (χ4v) is 29.5. The molecule has 6 saturated heterocycles. The standard InChI is InChI=1S/C110H200N18O6/c1-99(2)69-81(70-100(3,4)123(99)129-87-53-33-27-34-54-87)51-45-47-65-111-93-115-95(113-83-73-103(9,10)125(104(11,12)74-83)131-89-57-37-29-38-58-89)119-97(117-93)121(85-77-107(17,18)127(108(19,20)78-85)133-91-61-41-31-42-62-91)67-49-25-26-50-68-122(86-79-109(21,22)128(110(23,24)80-86)134-92-63-43-32-44-64-92)98-118-94(112-66-48-46-52-82-71-101(5,6)124(102(7,8)72-82)130-88-55-35-28-36-56-88)116-96(120-98)114-84-75-105(13,14)126(106(15,16)76-84)132-90-59-39-30-40-60-90/h81-92H,25-80H2,1-24H3,(H2,111,113,115,117,119)(H2,112,114,116,118,120). The van der Waals surface area contributed by atoms with Crippen LogP contribution in [0.1, 0.15) is 500 Å². The highest BCUT2D eigenvalue weighted by atomic mass is 16.7. The Kier molecular flexibility index (Phi) is 35.4. The first-order valence-electron chi connectivity index (χ1n) is 56.1. The fourth-order valence-electron chi connectivity index (χ4n) is 29.5. The molecular weight excluding hydrogens is 1670 g/mol. The molecule has 6 saturated carbocycles. The molecule has 0 aromatic carbocycles. The first-order valence-corrected chi connectivity index (χ1v) is 56.1. The molecule has 14 rings (SSSR count). The average Bonchev–Trinajstić information content (AvgIpc) is 0.758. The summed E-state index contributed by atoms with van der Waals surface area (Å²) in [5.41, 5.74) is -2.20. The van der Waals surface area contributed by atoms with Gasteiger partial charge in [0.2, 0.25) is 35.7 Å². The Morgan fingerprint density at radius 3 is 0.679 bits per heavy atom. The number of nitrogens with one attached hydrogen (secondary N) is 4. The Balaban J connectivity index is 0.738. The number of hydroxylamine groups is 12. The highest BCUT2D eigenvalue weighted by Gasteiger charge is 2.56. The molecule has 0 amide bonds. The summed E-state index contributed by atoms with van der Waals surface area (Å²) in [5.74, 6) is 5.41. The molecule has 134 heavy (non-hydrogen) atoms. The van der Waals surface area contributed by atoms with Crippen molar-refractivity contribution in [3.63, 3.8) is 0 Å². The van der Waals surface area contributed by atoms with E-state index in [2.05, 4.69) is 228 Å². The van der Waals surface area contributed by atoms with Crippen LogP contribution in [-0.4, -0.2) is 214 Å². The second kappa shape index (κ2) is 44.7. The topological polar surface area (TPSA) is 207 Å². The minimum atomic E-state index is -0.277. The van der Waals surface area contributed by atoms with E-state index in [1.165, 1.54) is 154 Å². The first-order chi connectivity index (χ1) is 63.2. The van der Waals surface area contributed by atoms with Crippen LogP contribution < -0.4 is 31.1 Å². The molecule has 0 unspecified atom stereocenters. The quantitative estimate of drug-likeness (QED) is 0.0459. The van der Waals surface area contributed by atoms with Gasteiger partial charge in [0.15, 0.2) is 0 Å². The van der Waals surface area contributed by atoms with E-state index in [9.17, 15) is 0 Å². The van der Waals surface area contributed by atoms with Crippen molar-refractivity contribution < 1.29 is 29.0 Å². The number of aromatic nitrogens is 6. The monoisotopic (exact) mass is 1870 g/mol. The lowest BCUT2D eigenvalue weighted by atomic mass is 9.73. The summed E-state index contributed by atoms with van der Waals surface area (Å²) < 4.78 is 0. The molecule has 8 heterocycles. The van der Waals surface area contributed by atoms with Crippen LogP contribution in [0.25, 0.3) is 0 Å². The van der Waals surface area contributed by atoms with Crippen LogP contribution in [0.3, 0.4) is 0 Å². The second-order valence-electron chi connectivity index (χ2n) is 53.1. The van der Waals surface area contributed by atoms with Crippen molar-refractivity contribution >= 4 is 35.7 Å². The largest absolute Gasteiger partial charge is 0.354 e. The SMILES string of the molecule is CC1(C)CC(CCCCNc2nc(NC3CC(C)(C)N(OC4CCCCC4)C(C)(C)C3)nc(N(CCCCCCN(c3nc(NCCCCC4CC(C)(C)N(OC5CCCCC5)C(C)(C)C4)nc(NC4CC(C)(C)N(OC5CCCCC5)C(C)(C)C4)n3)C3CC(C)(C)N(OC4CCCCC4)C(C)(C)C3)C3CC(C)(C)N(OC4CCCCC4)C(C)(C)C3)n2)CC(C)(C)N1OC1CCCCC1. The Hall–Kier alpha value is -3.66. The van der Waals surface area contributed by atoms with Gasteiger partial charge in [0.25, 0.3) is 0 Å². The van der Waals surface area contributed by atoms with E-state index in [0.29, 0.717) is 47.8 Å². The van der Waals surface area contributed by atoms with E-state index in [4.69, 9.17) is 58.9 Å². The molecule has 12 fully saturated rings. The van der Waals surface area contributed by atoms with E-state index in [0.717, 1.165) is 218 Å². The van der Waals surface area contributed by atoms with Gasteiger partial charge in [0, 0.05) is 117 Å². The van der Waals surface area contributed by atoms with Crippen LogP contribution in [0, 0.1) is 11.8 Å². The van der Waals surface area contributed by atoms with Gasteiger partial charge in [-0.2, -0.15) is 60.3 Å². The lowest BCUT2D eigenvalue weighted by Gasteiger charge is -2.56. The molecule has 4 N–H and O–H groups in total. The summed E-state index contributed by atoms with van der Waals surface area (Å²) >= 11 is 0. The van der Waals surface area contributed by atoms with Gasteiger partial charge < -0.3 is 31.1 Å². The normalized spacial score (nSPS) is 27.4. The fraction of sp³-hybridized carbons (Fsp3) is 0.945. The number of nitrogens with zero attached hydrogens (tertiary/aromatic N) is 14. The average molecular weight is 1870 g/mol. The van der Waals surface area contributed by atoms with Gasteiger partial charge in [-0.3, -0.25) is 29.0 Å². The number of rotatable bonds is 39. The van der Waals surface area contributed by atoms with Crippen LogP contribution in [0.4, 0.5) is 35.7 Å². The van der Waals surface area contributed by atoms with Gasteiger partial charge in [0.05, 0.1) is 36.6 Å². The molecule has 6 aliphatic carbocycles. The molecule has 24 heteroatoms. The van der Waals surface area contributed by atoms with Gasteiger partial charge in [0.1, 0.15) is 0 Å². The predicted octanol–water partition coefficient (Wildman–Crippen LogP) is 26.1. The lowest BCUT2D eigenvalue weighted by molar-refractivity contribution is -0.314. The highest BCUT2D eigenvalue weighted by Crippen LogP contribution is 2.52. The number of hydrogen-bond acceptors (Lipinski definition) is 24. The Labute approximate surface area is 816 Å². The number of anilines is 6. The van der Waals surface area contributed by atoms with Gasteiger partial charge in [-0.1, -0.05) is 154 Å². The summed E-state index contributed by atoms with van der Waals surface area (Å²) in [7, 11) is 0. The summed E-state index contributed by atoms with van der Waals surface area (Å²) in [4.78, 5) is 81.8. The van der Waals surface area contributed by atoms with Crippen molar-refractivity contribution in [2.45, 2.75) is 627 Å². The number of piperidine rings is 6. The lowest BCUT2D eigenvalue weighted by Crippen LogP contribution is -2.65. The smallest absolute Gasteiger partial charge is 0.232 e. The molecule has 0 bridgehead atoms. The van der Waals surface area contributed by atoms with Crippen molar-refractivity contribution in [3.05, 3.63) is 0 Å². The third-order valence-corrected chi connectivity index (χ3v) is 34.0. The summed E-state index contributed by atoms with van der Waals surface area (Å²) in [5, 5.41) is 30.5. The predicted molar refractivity (Wildman–Crippen MR) is 550 cm³/mol. The molecule has 6 aliphatic heterocycles. The molecule has 24 nitrogen and oxygen atoms in total. The van der Waals surface area contributed by atoms with Crippen LogP contribution in [0.2, 0.25) is 0 Å². The van der Waals surface area contributed by atoms with E-state index in [-0.39, 0.29) is 115 Å². The first kappa shape index (κ1) is 106. The van der Waals surface area contributed by atoms with Crippen molar-refractivity contribution in [1.29, 1.82) is 0 Å². The Morgan fingerprint density at radius 2 is 0.448 bits per heavy atom. The molecule has 0 atom stereocenters. The maximum absolute atomic E-state index is 7.29. The van der Waals surface area contributed by atoms with Gasteiger partial charge in [-0.05, 0) is 358 Å². The second-order valence-corrected chi connectivity index (χ2v) is 53.1. The van der Waals surface area contributed by atoms with Crippen molar-refractivity contribution in [2.75, 3.05) is 57.2 Å². The molecule has 0 spiro atoms. The van der Waals surface area contributed by atoms with Gasteiger partial charge in [-0.25, -0.2) is 0 Å². The maximum Gasteiger partial charge on any atom is 0.232 e. The molecule has 766 valence electrons. The Morgan fingerprint density at radius 1 is 0.239 bits per heavy atom. The van der Waals surface area contributed by atoms with Crippen LogP contribution in [-0.2, 0) is 29.0 Å². The summed E-state index contributed by atoms with van der Waals surface area (Å²) in [6, 6.07) is 0.455. The molecule has 2 aromatic heterocycles.